The van der Waals surface area contributed by atoms with E-state index in [-0.39, 0.29) is 17.6 Å². The fourth-order valence-corrected chi connectivity index (χ4v) is 3.60. The van der Waals surface area contributed by atoms with Crippen LogP contribution in [0.1, 0.15) is 27.8 Å². The summed E-state index contributed by atoms with van der Waals surface area (Å²) in [5, 5.41) is 30.5. The molecule has 0 unspecified atom stereocenters. The van der Waals surface area contributed by atoms with Crippen LogP contribution < -0.4 is 15.8 Å². The second-order valence-corrected chi connectivity index (χ2v) is 7.79. The summed E-state index contributed by atoms with van der Waals surface area (Å²) >= 11 is 0. The number of nitrogens with one attached hydrogen (secondary N) is 1. The quantitative estimate of drug-likeness (QED) is 0.400. The minimum Gasteiger partial charge on any atom is -0.438 e. The van der Waals surface area contributed by atoms with E-state index in [1.807, 2.05) is 38.1 Å². The van der Waals surface area contributed by atoms with Crippen LogP contribution in [-0.2, 0) is 0 Å². The van der Waals surface area contributed by atoms with Crippen molar-refractivity contribution in [1.29, 1.82) is 15.8 Å². The molecule has 3 N–H and O–H groups in total. The third-order valence-electron chi connectivity index (χ3n) is 5.25. The summed E-state index contributed by atoms with van der Waals surface area (Å²) < 4.78 is 6.10. The van der Waals surface area contributed by atoms with E-state index in [2.05, 4.69) is 27.4 Å². The summed E-state index contributed by atoms with van der Waals surface area (Å²) in [5.41, 5.74) is 11.4. The number of nitrogen functional groups attached to an aromatic ring is 1. The van der Waals surface area contributed by atoms with Crippen LogP contribution in [0.15, 0.2) is 60.7 Å². The maximum Gasteiger partial charge on any atom is 0.232 e. The topological polar surface area (TPSA) is 144 Å². The van der Waals surface area contributed by atoms with Gasteiger partial charge in [-0.3, -0.25) is 0 Å². The molecule has 0 radical (unpaired) electrons. The number of hydrogen-bond acceptors (Lipinski definition) is 8. The highest BCUT2D eigenvalue weighted by molar-refractivity contribution is 5.70. The van der Waals surface area contributed by atoms with Gasteiger partial charge in [-0.05, 0) is 84.6 Å². The highest BCUT2D eigenvalue weighted by Crippen LogP contribution is 2.34. The van der Waals surface area contributed by atoms with Gasteiger partial charge in [-0.25, -0.2) is 0 Å². The summed E-state index contributed by atoms with van der Waals surface area (Å²) in [6, 6.07) is 23.7. The van der Waals surface area contributed by atoms with E-state index in [0.29, 0.717) is 28.1 Å². The molecule has 0 saturated carbocycles. The van der Waals surface area contributed by atoms with Crippen molar-refractivity contribution in [2.75, 3.05) is 11.1 Å². The molecule has 1 aromatic heterocycles. The van der Waals surface area contributed by atoms with Gasteiger partial charge < -0.3 is 15.8 Å². The molecule has 0 aliphatic rings. The second kappa shape index (κ2) is 9.62. The van der Waals surface area contributed by atoms with E-state index < -0.39 is 0 Å². The number of hydrogen-bond donors (Lipinski definition) is 2. The molecule has 0 spiro atoms. The Morgan fingerprint density at radius 1 is 0.771 bits per heavy atom. The molecule has 168 valence electrons. The van der Waals surface area contributed by atoms with Crippen LogP contribution >= 0.6 is 0 Å². The maximum atomic E-state index is 9.34. The molecule has 0 saturated heterocycles. The summed E-state index contributed by atoms with van der Waals surface area (Å²) in [6.07, 6.45) is 0. The van der Waals surface area contributed by atoms with Gasteiger partial charge in [0.15, 0.2) is 0 Å². The van der Waals surface area contributed by atoms with Crippen molar-refractivity contribution in [3.63, 3.8) is 0 Å². The smallest absolute Gasteiger partial charge is 0.232 e. The van der Waals surface area contributed by atoms with Gasteiger partial charge in [0.2, 0.25) is 11.8 Å². The molecule has 4 rings (SSSR count). The standard InChI is InChI=1S/C27H19N7O/c1-16-9-21(19-5-6-20(14-29)22(11-19)15-30)10-17(2)26(16)35-25-12-24(31)33-27(34-25)32-23-7-3-18(13-28)4-8-23/h3-12H,1-2H3,(H3,31,32,33,34). The van der Waals surface area contributed by atoms with Crippen molar-refractivity contribution >= 4 is 17.5 Å². The van der Waals surface area contributed by atoms with E-state index in [1.165, 1.54) is 6.07 Å². The molecule has 4 aromatic rings. The molecule has 0 aliphatic heterocycles. The van der Waals surface area contributed by atoms with Gasteiger partial charge >= 0.3 is 0 Å². The van der Waals surface area contributed by atoms with Crippen molar-refractivity contribution in [2.45, 2.75) is 13.8 Å². The molecule has 0 bridgehead atoms. The predicted octanol–water partition coefficient (Wildman–Crippen LogP) is 5.49. The summed E-state index contributed by atoms with van der Waals surface area (Å²) in [4.78, 5) is 8.62. The van der Waals surface area contributed by atoms with Crippen LogP contribution in [0.5, 0.6) is 11.6 Å². The van der Waals surface area contributed by atoms with Crippen LogP contribution in [0.25, 0.3) is 11.1 Å². The molecule has 1 heterocycles. The third-order valence-corrected chi connectivity index (χ3v) is 5.25. The lowest BCUT2D eigenvalue weighted by Crippen LogP contribution is -2.03. The fourth-order valence-electron chi connectivity index (χ4n) is 3.60. The number of benzene rings is 3. The first-order valence-corrected chi connectivity index (χ1v) is 10.6. The maximum absolute atomic E-state index is 9.34. The zero-order valence-electron chi connectivity index (χ0n) is 19.0. The third kappa shape index (κ3) is 5.01. The lowest BCUT2D eigenvalue weighted by Gasteiger charge is -2.15. The van der Waals surface area contributed by atoms with E-state index in [9.17, 15) is 5.26 Å². The molecule has 3 aromatic carbocycles. The Hall–Kier alpha value is -5.39. The van der Waals surface area contributed by atoms with Gasteiger partial charge in [0.05, 0.1) is 22.8 Å². The zero-order chi connectivity index (χ0) is 24.9. The van der Waals surface area contributed by atoms with E-state index in [4.69, 9.17) is 21.0 Å². The first-order chi connectivity index (χ1) is 16.9. The summed E-state index contributed by atoms with van der Waals surface area (Å²) in [6.45, 7) is 3.84. The highest BCUT2D eigenvalue weighted by Gasteiger charge is 2.13. The van der Waals surface area contributed by atoms with Crippen LogP contribution in [0.2, 0.25) is 0 Å². The number of ether oxygens (including phenoxy) is 1. The molecule has 0 fully saturated rings. The largest absolute Gasteiger partial charge is 0.438 e. The van der Waals surface area contributed by atoms with Crippen LogP contribution in [0, 0.1) is 47.8 Å². The first-order valence-electron chi connectivity index (χ1n) is 10.6. The molecular weight excluding hydrogens is 438 g/mol. The normalized spacial score (nSPS) is 10.0. The Bertz CT molecular complexity index is 1530. The number of nitrogens with zero attached hydrogens (tertiary/aromatic N) is 5. The fraction of sp³-hybridized carbons (Fsp3) is 0.0741. The second-order valence-electron chi connectivity index (χ2n) is 7.79. The Labute approximate surface area is 202 Å². The molecule has 8 heteroatoms. The highest BCUT2D eigenvalue weighted by atomic mass is 16.5. The Balaban J connectivity index is 1.62. The number of anilines is 3. The summed E-state index contributed by atoms with van der Waals surface area (Å²) in [5.74, 6) is 1.40. The SMILES string of the molecule is Cc1cc(-c2ccc(C#N)c(C#N)c2)cc(C)c1Oc1cc(N)nc(Nc2ccc(C#N)cc2)n1. The van der Waals surface area contributed by atoms with E-state index >= 15 is 0 Å². The number of rotatable bonds is 5. The van der Waals surface area contributed by atoms with Gasteiger partial charge in [-0.15, -0.1) is 0 Å². The molecule has 0 atom stereocenters. The average molecular weight is 457 g/mol. The molecule has 0 amide bonds. The Morgan fingerprint density at radius 3 is 2.09 bits per heavy atom. The predicted molar refractivity (Wildman–Crippen MR) is 132 cm³/mol. The van der Waals surface area contributed by atoms with Gasteiger partial charge in [0, 0.05) is 11.8 Å². The van der Waals surface area contributed by atoms with Crippen LogP contribution in [0.4, 0.5) is 17.5 Å². The molecule has 0 aliphatic carbocycles. The van der Waals surface area contributed by atoms with Gasteiger partial charge in [0.1, 0.15) is 23.7 Å². The van der Waals surface area contributed by atoms with Gasteiger partial charge in [0.25, 0.3) is 0 Å². The monoisotopic (exact) mass is 457 g/mol. The molecule has 35 heavy (non-hydrogen) atoms. The number of aromatic nitrogens is 2. The van der Waals surface area contributed by atoms with Crippen molar-refractivity contribution in [1.82, 2.24) is 9.97 Å². The number of aryl methyl sites for hydroxylation is 2. The van der Waals surface area contributed by atoms with Gasteiger partial charge in [-0.2, -0.15) is 25.8 Å². The van der Waals surface area contributed by atoms with Crippen LogP contribution in [0.3, 0.4) is 0 Å². The molecular formula is C27H19N7O. The van der Waals surface area contributed by atoms with Crippen molar-refractivity contribution in [3.8, 4) is 41.0 Å². The molecule has 8 nitrogen and oxygen atoms in total. The number of nitriles is 3. The van der Waals surface area contributed by atoms with Crippen molar-refractivity contribution in [2.24, 2.45) is 0 Å². The first kappa shape index (κ1) is 22.8. The Kier molecular flexibility index (Phi) is 6.27. The lowest BCUT2D eigenvalue weighted by molar-refractivity contribution is 0.456. The summed E-state index contributed by atoms with van der Waals surface area (Å²) in [7, 11) is 0. The minimum absolute atomic E-state index is 0.236. The average Bonchev–Trinajstić information content (AvgIpc) is 2.85. The van der Waals surface area contributed by atoms with Gasteiger partial charge in [-0.1, -0.05) is 6.07 Å². The lowest BCUT2D eigenvalue weighted by atomic mass is 9.97. The number of nitrogens with two attached hydrogens (primary N) is 1. The van der Waals surface area contributed by atoms with E-state index in [1.54, 1.807) is 36.4 Å². The van der Waals surface area contributed by atoms with Crippen molar-refractivity contribution < 1.29 is 4.74 Å². The Morgan fingerprint density at radius 2 is 1.46 bits per heavy atom. The van der Waals surface area contributed by atoms with Crippen LogP contribution in [-0.4, -0.2) is 9.97 Å². The minimum atomic E-state index is 0.236. The zero-order valence-corrected chi connectivity index (χ0v) is 19.0. The van der Waals surface area contributed by atoms with E-state index in [0.717, 1.165) is 22.3 Å². The van der Waals surface area contributed by atoms with Crippen molar-refractivity contribution in [3.05, 3.63) is 88.5 Å².